The lowest BCUT2D eigenvalue weighted by Gasteiger charge is -2.32. The summed E-state index contributed by atoms with van der Waals surface area (Å²) in [7, 11) is 0. The molecular formula is C48H32N2. The van der Waals surface area contributed by atoms with Gasteiger partial charge in [0, 0.05) is 12.1 Å². The molecule has 0 amide bonds. The third kappa shape index (κ3) is 3.50. The SMILES string of the molecule is CCc1nc2ccccc2n1-c1cccc(-c2ccc3c4c(ccc3c2)-c2ccc3ccccc3c2C42c3ccccc3-c3ccccc32)c1. The zero-order valence-corrected chi connectivity index (χ0v) is 27.7. The Labute approximate surface area is 290 Å². The lowest BCUT2D eigenvalue weighted by Crippen LogP contribution is -2.26. The highest BCUT2D eigenvalue weighted by atomic mass is 15.1. The fourth-order valence-electron chi connectivity index (χ4n) is 9.36. The molecule has 2 aliphatic rings. The Morgan fingerprint density at radius 2 is 1.14 bits per heavy atom. The van der Waals surface area contributed by atoms with Gasteiger partial charge in [0.05, 0.1) is 16.4 Å². The van der Waals surface area contributed by atoms with Crippen LogP contribution in [0.15, 0.2) is 164 Å². The van der Waals surface area contributed by atoms with E-state index in [2.05, 4.69) is 175 Å². The predicted molar refractivity (Wildman–Crippen MR) is 207 cm³/mol. The molecule has 0 unspecified atom stereocenters. The second-order valence-electron chi connectivity index (χ2n) is 13.7. The number of para-hydroxylation sites is 2. The summed E-state index contributed by atoms with van der Waals surface area (Å²) in [6.07, 6.45) is 0.867. The third-order valence-corrected chi connectivity index (χ3v) is 11.3. The lowest BCUT2D eigenvalue weighted by atomic mass is 9.68. The number of hydrogen-bond acceptors (Lipinski definition) is 1. The summed E-state index contributed by atoms with van der Waals surface area (Å²) in [6, 6.07) is 61.0. The van der Waals surface area contributed by atoms with E-state index in [1.54, 1.807) is 0 Å². The molecule has 0 radical (unpaired) electrons. The molecule has 2 nitrogen and oxygen atoms in total. The quantitative estimate of drug-likeness (QED) is 0.189. The maximum Gasteiger partial charge on any atom is 0.114 e. The molecule has 8 aromatic carbocycles. The molecule has 1 aromatic heterocycles. The maximum absolute atomic E-state index is 4.95. The molecule has 11 rings (SSSR count). The van der Waals surface area contributed by atoms with Crippen LogP contribution in [0.4, 0.5) is 0 Å². The molecule has 0 N–H and O–H groups in total. The first-order valence-corrected chi connectivity index (χ1v) is 17.6. The van der Waals surface area contributed by atoms with Crippen LogP contribution in [-0.4, -0.2) is 9.55 Å². The van der Waals surface area contributed by atoms with Crippen LogP contribution in [0.5, 0.6) is 0 Å². The molecule has 9 aromatic rings. The molecule has 1 spiro atoms. The molecule has 50 heavy (non-hydrogen) atoms. The zero-order valence-electron chi connectivity index (χ0n) is 27.7. The lowest BCUT2D eigenvalue weighted by molar-refractivity contribution is 0.809. The number of hydrogen-bond donors (Lipinski definition) is 0. The summed E-state index contributed by atoms with van der Waals surface area (Å²) in [5, 5.41) is 5.17. The molecule has 2 aliphatic carbocycles. The van der Waals surface area contributed by atoms with Gasteiger partial charge in [-0.1, -0.05) is 140 Å². The van der Waals surface area contributed by atoms with Gasteiger partial charge in [0.1, 0.15) is 5.82 Å². The summed E-state index contributed by atoms with van der Waals surface area (Å²) in [4.78, 5) is 4.95. The van der Waals surface area contributed by atoms with E-state index in [9.17, 15) is 0 Å². The van der Waals surface area contributed by atoms with Crippen molar-refractivity contribution in [3.8, 4) is 39.1 Å². The Bertz CT molecular complexity index is 2830. The van der Waals surface area contributed by atoms with Crippen LogP contribution in [0.3, 0.4) is 0 Å². The van der Waals surface area contributed by atoms with Gasteiger partial charge < -0.3 is 0 Å². The second-order valence-corrected chi connectivity index (χ2v) is 13.7. The zero-order chi connectivity index (χ0) is 33.0. The first kappa shape index (κ1) is 27.7. The Morgan fingerprint density at radius 1 is 0.500 bits per heavy atom. The molecule has 0 saturated heterocycles. The Kier molecular flexibility index (Phi) is 5.61. The minimum Gasteiger partial charge on any atom is -0.296 e. The molecule has 0 aliphatic heterocycles. The second kappa shape index (κ2) is 10.1. The highest BCUT2D eigenvalue weighted by molar-refractivity contribution is 6.09. The van der Waals surface area contributed by atoms with Gasteiger partial charge in [-0.2, -0.15) is 0 Å². The summed E-state index contributed by atoms with van der Waals surface area (Å²) in [5.74, 6) is 1.08. The molecular weight excluding hydrogens is 605 g/mol. The summed E-state index contributed by atoms with van der Waals surface area (Å²) in [6.45, 7) is 2.18. The number of aryl methyl sites for hydroxylation is 1. The van der Waals surface area contributed by atoms with Gasteiger partial charge in [-0.15, -0.1) is 0 Å². The van der Waals surface area contributed by atoms with Crippen LogP contribution in [0.2, 0.25) is 0 Å². The van der Waals surface area contributed by atoms with Crippen LogP contribution in [0.1, 0.15) is 35.0 Å². The molecule has 0 atom stereocenters. The van der Waals surface area contributed by atoms with Gasteiger partial charge in [0.2, 0.25) is 0 Å². The fourth-order valence-corrected chi connectivity index (χ4v) is 9.36. The molecule has 0 bridgehead atoms. The van der Waals surface area contributed by atoms with E-state index < -0.39 is 5.41 Å². The van der Waals surface area contributed by atoms with Gasteiger partial charge in [-0.25, -0.2) is 4.98 Å². The van der Waals surface area contributed by atoms with Crippen LogP contribution < -0.4 is 0 Å². The summed E-state index contributed by atoms with van der Waals surface area (Å²) < 4.78 is 2.31. The van der Waals surface area contributed by atoms with Crippen molar-refractivity contribution in [2.24, 2.45) is 0 Å². The average molecular weight is 637 g/mol. The largest absolute Gasteiger partial charge is 0.296 e. The van der Waals surface area contributed by atoms with Gasteiger partial charge in [0.15, 0.2) is 0 Å². The van der Waals surface area contributed by atoms with Gasteiger partial charge >= 0.3 is 0 Å². The number of rotatable bonds is 3. The molecule has 234 valence electrons. The van der Waals surface area contributed by atoms with Gasteiger partial charge in [-0.3, -0.25) is 4.57 Å². The van der Waals surface area contributed by atoms with Crippen LogP contribution in [-0.2, 0) is 11.8 Å². The van der Waals surface area contributed by atoms with Crippen molar-refractivity contribution in [1.82, 2.24) is 9.55 Å². The van der Waals surface area contributed by atoms with Crippen molar-refractivity contribution < 1.29 is 0 Å². The van der Waals surface area contributed by atoms with E-state index in [0.29, 0.717) is 0 Å². The van der Waals surface area contributed by atoms with Crippen molar-refractivity contribution in [2.75, 3.05) is 0 Å². The highest BCUT2D eigenvalue weighted by Gasteiger charge is 2.53. The van der Waals surface area contributed by atoms with Crippen molar-refractivity contribution >= 4 is 32.6 Å². The third-order valence-electron chi connectivity index (χ3n) is 11.3. The number of aromatic nitrogens is 2. The smallest absolute Gasteiger partial charge is 0.114 e. The predicted octanol–water partition coefficient (Wildman–Crippen LogP) is 11.9. The number of fused-ring (bicyclic) bond motifs is 15. The first-order chi connectivity index (χ1) is 24.8. The summed E-state index contributed by atoms with van der Waals surface area (Å²) >= 11 is 0. The van der Waals surface area contributed by atoms with Crippen LogP contribution >= 0.6 is 0 Å². The molecule has 2 heteroatoms. The monoisotopic (exact) mass is 636 g/mol. The fraction of sp³-hybridized carbons (Fsp3) is 0.0625. The van der Waals surface area contributed by atoms with E-state index in [0.717, 1.165) is 29.0 Å². The van der Waals surface area contributed by atoms with E-state index >= 15 is 0 Å². The minimum absolute atomic E-state index is 0.418. The first-order valence-electron chi connectivity index (χ1n) is 17.6. The van der Waals surface area contributed by atoms with E-state index in [1.165, 1.54) is 77.2 Å². The van der Waals surface area contributed by atoms with Crippen molar-refractivity contribution in [1.29, 1.82) is 0 Å². The van der Waals surface area contributed by atoms with Crippen LogP contribution in [0, 0.1) is 0 Å². The molecule has 0 saturated carbocycles. The van der Waals surface area contributed by atoms with Crippen LogP contribution in [0.25, 0.3) is 71.6 Å². The maximum atomic E-state index is 4.95. The van der Waals surface area contributed by atoms with E-state index in [1.807, 2.05) is 0 Å². The summed E-state index contributed by atoms with van der Waals surface area (Å²) in [5.41, 5.74) is 16.2. The van der Waals surface area contributed by atoms with Gasteiger partial charge in [0.25, 0.3) is 0 Å². The Balaban J connectivity index is 1.17. The van der Waals surface area contributed by atoms with Crippen molar-refractivity contribution in [3.05, 3.63) is 192 Å². The van der Waals surface area contributed by atoms with Crippen molar-refractivity contribution in [3.63, 3.8) is 0 Å². The highest BCUT2D eigenvalue weighted by Crippen LogP contribution is 2.65. The van der Waals surface area contributed by atoms with Gasteiger partial charge in [-0.05, 0) is 108 Å². The normalized spacial score (nSPS) is 13.5. The van der Waals surface area contributed by atoms with E-state index in [-0.39, 0.29) is 0 Å². The molecule has 0 fully saturated rings. The average Bonchev–Trinajstić information content (AvgIpc) is 3.82. The molecule has 1 heterocycles. The topological polar surface area (TPSA) is 17.8 Å². The standard InChI is InChI=1S/C48H32N2/c1-2-45-49-43-20-9-10-21-44(43)50(45)34-14-11-13-31(29-34)32-23-25-36-33(28-32)24-27-40-39-26-22-30-12-3-4-15-35(30)46(39)48(47(36)40)41-18-7-5-16-37(41)38-17-6-8-19-42(38)48/h3-29H,2H2,1H3. The minimum atomic E-state index is -0.418. The Hall–Kier alpha value is -6.25. The number of benzene rings is 8. The number of imidazole rings is 1. The van der Waals surface area contributed by atoms with E-state index in [4.69, 9.17) is 4.98 Å². The van der Waals surface area contributed by atoms with Crippen molar-refractivity contribution in [2.45, 2.75) is 18.8 Å². The Morgan fingerprint density at radius 3 is 1.92 bits per heavy atom. The number of nitrogens with zero attached hydrogens (tertiary/aromatic N) is 2.